The normalized spacial score (nSPS) is 15.7. The topological polar surface area (TPSA) is 130 Å². The Morgan fingerprint density at radius 1 is 1.22 bits per heavy atom. The second-order valence-corrected chi connectivity index (χ2v) is 9.05. The minimum atomic E-state index is -0.961. The third-order valence-electron chi connectivity index (χ3n) is 5.24. The molecule has 3 heterocycles. The molecule has 32 heavy (non-hydrogen) atoms. The van der Waals surface area contributed by atoms with E-state index in [9.17, 15) is 9.81 Å². The number of piperidine rings is 1. The van der Waals surface area contributed by atoms with Crippen LogP contribution in [0.25, 0.3) is 17.1 Å². The molecule has 11 heteroatoms. The first-order valence-electron chi connectivity index (χ1n) is 9.85. The summed E-state index contributed by atoms with van der Waals surface area (Å²) in [6.45, 7) is 1.47. The smallest absolute Gasteiger partial charge is 0.223 e. The van der Waals surface area contributed by atoms with E-state index in [2.05, 4.69) is 32.4 Å². The highest BCUT2D eigenvalue weighted by atomic mass is 35.5. The minimum Gasteiger partial charge on any atom is -0.598 e. The molecule has 0 bridgehead atoms. The van der Waals surface area contributed by atoms with Gasteiger partial charge in [-0.1, -0.05) is 11.6 Å². The first-order valence-corrected chi connectivity index (χ1v) is 11.7. The SMILES string of the molecule is C[S+]([O-])N1CCC(Nc2ncc(C#N)c(-c3cn(-c4ccc(C#N)cc4Cl)cn3)n2)CC1. The maximum atomic E-state index is 11.6. The molecule has 1 N–H and O–H groups in total. The number of benzene rings is 1. The van der Waals surface area contributed by atoms with Crippen molar-refractivity contribution in [3.63, 3.8) is 0 Å². The molecule has 162 valence electrons. The average molecular weight is 467 g/mol. The first kappa shape index (κ1) is 22.1. The highest BCUT2D eigenvalue weighted by molar-refractivity contribution is 7.88. The molecular weight excluding hydrogens is 448 g/mol. The molecule has 0 aliphatic carbocycles. The fourth-order valence-electron chi connectivity index (χ4n) is 3.53. The zero-order valence-electron chi connectivity index (χ0n) is 17.2. The summed E-state index contributed by atoms with van der Waals surface area (Å²) in [6.07, 6.45) is 8.13. The molecule has 0 radical (unpaired) electrons. The number of nitrogens with zero attached hydrogens (tertiary/aromatic N) is 7. The van der Waals surface area contributed by atoms with Crippen LogP contribution in [0.4, 0.5) is 5.95 Å². The monoisotopic (exact) mass is 466 g/mol. The van der Waals surface area contributed by atoms with Gasteiger partial charge in [-0.2, -0.15) is 10.5 Å². The lowest BCUT2D eigenvalue weighted by molar-refractivity contribution is 0.331. The second kappa shape index (κ2) is 9.55. The van der Waals surface area contributed by atoms with Crippen molar-refractivity contribution in [2.24, 2.45) is 0 Å². The summed E-state index contributed by atoms with van der Waals surface area (Å²) in [5, 5.41) is 22.3. The number of nitriles is 2. The lowest BCUT2D eigenvalue weighted by atomic mass is 10.1. The number of imidazole rings is 1. The van der Waals surface area contributed by atoms with Gasteiger partial charge in [-0.05, 0) is 31.0 Å². The molecule has 1 saturated heterocycles. The van der Waals surface area contributed by atoms with Gasteiger partial charge in [0.2, 0.25) is 5.95 Å². The lowest BCUT2D eigenvalue weighted by Gasteiger charge is -2.30. The van der Waals surface area contributed by atoms with Crippen LogP contribution >= 0.6 is 11.6 Å². The Balaban J connectivity index is 1.57. The van der Waals surface area contributed by atoms with Gasteiger partial charge in [0.05, 0.1) is 34.1 Å². The molecule has 0 spiro atoms. The summed E-state index contributed by atoms with van der Waals surface area (Å²) in [6, 6.07) is 9.32. The van der Waals surface area contributed by atoms with Crippen molar-refractivity contribution in [3.8, 4) is 29.2 Å². The molecule has 2 aromatic heterocycles. The summed E-state index contributed by atoms with van der Waals surface area (Å²) < 4.78 is 15.3. The summed E-state index contributed by atoms with van der Waals surface area (Å²) in [5.74, 6) is 0.418. The van der Waals surface area contributed by atoms with E-state index in [4.69, 9.17) is 16.9 Å². The molecule has 3 aromatic rings. The number of hydrogen-bond donors (Lipinski definition) is 1. The summed E-state index contributed by atoms with van der Waals surface area (Å²) in [7, 11) is 0. The van der Waals surface area contributed by atoms with E-state index >= 15 is 0 Å². The van der Waals surface area contributed by atoms with Crippen molar-refractivity contribution in [2.45, 2.75) is 18.9 Å². The number of hydrogen-bond acceptors (Lipinski definition) is 8. The maximum absolute atomic E-state index is 11.6. The highest BCUT2D eigenvalue weighted by Crippen LogP contribution is 2.26. The fourth-order valence-corrected chi connectivity index (χ4v) is 4.53. The molecule has 1 aliphatic heterocycles. The van der Waals surface area contributed by atoms with Gasteiger partial charge >= 0.3 is 0 Å². The quantitative estimate of drug-likeness (QED) is 0.568. The van der Waals surface area contributed by atoms with Gasteiger partial charge < -0.3 is 14.4 Å². The standard InChI is InChI=1S/C21H19ClN8OS/c1-32(31)30-6-4-16(5-7-30)27-21-25-11-15(10-24)20(28-21)18-12-29(13-26-18)19-3-2-14(9-23)8-17(19)22/h2-3,8,11-13,16H,4-7H2,1H3,(H,25,27,28). The largest absolute Gasteiger partial charge is 0.598 e. The molecule has 0 saturated carbocycles. The molecule has 1 atom stereocenters. The van der Waals surface area contributed by atoms with E-state index in [0.29, 0.717) is 39.2 Å². The Morgan fingerprint density at radius 3 is 2.66 bits per heavy atom. The van der Waals surface area contributed by atoms with Crippen molar-refractivity contribution in [1.29, 1.82) is 10.5 Å². The van der Waals surface area contributed by atoms with Crippen LogP contribution in [0.2, 0.25) is 5.02 Å². The summed E-state index contributed by atoms with van der Waals surface area (Å²) in [4.78, 5) is 13.2. The van der Waals surface area contributed by atoms with Crippen LogP contribution < -0.4 is 5.32 Å². The van der Waals surface area contributed by atoms with Crippen LogP contribution in [-0.4, -0.2) is 53.8 Å². The number of anilines is 1. The van der Waals surface area contributed by atoms with Crippen LogP contribution in [0.5, 0.6) is 0 Å². The number of nitrogens with one attached hydrogen (secondary N) is 1. The third kappa shape index (κ3) is 4.69. The van der Waals surface area contributed by atoms with Gasteiger partial charge in [-0.25, -0.2) is 15.0 Å². The Hall–Kier alpha value is -3.15. The van der Waals surface area contributed by atoms with Crippen LogP contribution in [0.3, 0.4) is 0 Å². The molecule has 9 nitrogen and oxygen atoms in total. The van der Waals surface area contributed by atoms with E-state index < -0.39 is 11.4 Å². The molecule has 1 unspecified atom stereocenters. The zero-order valence-corrected chi connectivity index (χ0v) is 18.8. The number of rotatable bonds is 5. The lowest BCUT2D eigenvalue weighted by Crippen LogP contribution is -2.42. The van der Waals surface area contributed by atoms with Crippen LogP contribution in [0.15, 0.2) is 36.9 Å². The molecule has 0 amide bonds. The van der Waals surface area contributed by atoms with Gasteiger partial charge in [-0.15, -0.1) is 4.31 Å². The minimum absolute atomic E-state index is 0.158. The summed E-state index contributed by atoms with van der Waals surface area (Å²) in [5.41, 5.74) is 2.36. The Kier molecular flexibility index (Phi) is 6.58. The fraction of sp³-hybridized carbons (Fsp3) is 0.286. The zero-order chi connectivity index (χ0) is 22.7. The molecule has 1 aromatic carbocycles. The molecular formula is C21H19ClN8OS. The average Bonchev–Trinajstić information content (AvgIpc) is 3.29. The molecule has 4 rings (SSSR count). The molecule has 1 fully saturated rings. The Bertz CT molecular complexity index is 1210. The van der Waals surface area contributed by atoms with Crippen molar-refractivity contribution < 1.29 is 4.55 Å². The van der Waals surface area contributed by atoms with Crippen LogP contribution in [-0.2, 0) is 11.4 Å². The van der Waals surface area contributed by atoms with Gasteiger partial charge in [0.15, 0.2) is 0 Å². The van der Waals surface area contributed by atoms with Crippen molar-refractivity contribution >= 4 is 28.9 Å². The number of halogens is 1. The van der Waals surface area contributed by atoms with Crippen molar-refractivity contribution in [1.82, 2.24) is 23.8 Å². The Morgan fingerprint density at radius 2 is 2.00 bits per heavy atom. The maximum Gasteiger partial charge on any atom is 0.223 e. The molecule has 1 aliphatic rings. The highest BCUT2D eigenvalue weighted by Gasteiger charge is 2.25. The Labute approximate surface area is 193 Å². The van der Waals surface area contributed by atoms with E-state index in [0.717, 1.165) is 25.9 Å². The van der Waals surface area contributed by atoms with E-state index in [1.165, 1.54) is 6.20 Å². The van der Waals surface area contributed by atoms with E-state index in [-0.39, 0.29) is 6.04 Å². The van der Waals surface area contributed by atoms with Crippen LogP contribution in [0.1, 0.15) is 24.0 Å². The second-order valence-electron chi connectivity index (χ2n) is 7.28. The first-order chi connectivity index (χ1) is 15.5. The van der Waals surface area contributed by atoms with Crippen molar-refractivity contribution in [2.75, 3.05) is 24.7 Å². The van der Waals surface area contributed by atoms with Crippen molar-refractivity contribution in [3.05, 3.63) is 53.1 Å². The van der Waals surface area contributed by atoms with Crippen LogP contribution in [0, 0.1) is 22.7 Å². The van der Waals surface area contributed by atoms with Gasteiger partial charge in [0.25, 0.3) is 0 Å². The third-order valence-corrected chi connectivity index (χ3v) is 6.64. The van der Waals surface area contributed by atoms with Gasteiger partial charge in [0.1, 0.15) is 30.0 Å². The van der Waals surface area contributed by atoms with E-state index in [1.54, 1.807) is 41.5 Å². The number of aromatic nitrogens is 4. The van der Waals surface area contributed by atoms with E-state index in [1.807, 2.05) is 4.31 Å². The van der Waals surface area contributed by atoms with Gasteiger partial charge in [0, 0.05) is 36.7 Å². The summed E-state index contributed by atoms with van der Waals surface area (Å²) >= 11 is 5.35. The predicted molar refractivity (Wildman–Crippen MR) is 121 cm³/mol. The predicted octanol–water partition coefficient (Wildman–Crippen LogP) is 2.90. The van der Waals surface area contributed by atoms with Gasteiger partial charge in [-0.3, -0.25) is 0 Å².